The summed E-state index contributed by atoms with van der Waals surface area (Å²) in [5, 5.41) is 12.2. The predicted molar refractivity (Wildman–Crippen MR) is 96.5 cm³/mol. The topological polar surface area (TPSA) is 55.1 Å². The molecule has 0 aliphatic carbocycles. The van der Waals surface area contributed by atoms with Gasteiger partial charge in [-0.25, -0.2) is 4.98 Å². The van der Waals surface area contributed by atoms with Crippen LogP contribution >= 0.6 is 27.3 Å². The van der Waals surface area contributed by atoms with Crippen molar-refractivity contribution in [1.29, 1.82) is 0 Å². The average molecular weight is 382 g/mol. The number of halogens is 1. The van der Waals surface area contributed by atoms with Gasteiger partial charge in [-0.05, 0) is 35.8 Å². The highest BCUT2D eigenvalue weighted by Crippen LogP contribution is 2.31. The summed E-state index contributed by atoms with van der Waals surface area (Å²) in [6.45, 7) is 8.45. The molecule has 0 aliphatic rings. The second-order valence-corrected chi connectivity index (χ2v) is 7.06. The second kappa shape index (κ2) is 7.69. The Labute approximate surface area is 142 Å². The van der Waals surface area contributed by atoms with Crippen LogP contribution in [0.4, 0.5) is 5.13 Å². The predicted octanol–water partition coefficient (Wildman–Crippen LogP) is 4.85. The molecule has 0 unspecified atom stereocenters. The monoisotopic (exact) mass is 381 g/mol. The Balaban J connectivity index is 0.000000545. The highest BCUT2D eigenvalue weighted by atomic mass is 79.9. The zero-order valence-electron chi connectivity index (χ0n) is 13.2. The van der Waals surface area contributed by atoms with Crippen LogP contribution in [0.2, 0.25) is 0 Å². The van der Waals surface area contributed by atoms with E-state index in [-0.39, 0.29) is 0 Å². The lowest BCUT2D eigenvalue weighted by molar-refractivity contribution is 0.896. The summed E-state index contributed by atoms with van der Waals surface area (Å²) in [6.07, 6.45) is 6.83. The zero-order valence-corrected chi connectivity index (χ0v) is 15.6. The number of pyridine rings is 1. The molecular formula is C15H20BrN5S. The molecule has 0 amide bonds. The van der Waals surface area contributed by atoms with E-state index in [1.54, 1.807) is 17.7 Å². The molecule has 0 aliphatic heterocycles. The number of nitrogens with one attached hydrogen (secondary N) is 1. The standard InChI is InChI=1S/C12H12BrN5S.C3H8/c1-7(2)16-12-14-4-10(19-12)8-3-9(13)11-17-15-6-18(11)5-8;1-3-2/h3-7H,1-2H3,(H,14,16);3H2,1-2H3. The molecule has 5 nitrogen and oxygen atoms in total. The van der Waals surface area contributed by atoms with Gasteiger partial charge in [0.05, 0.1) is 9.35 Å². The van der Waals surface area contributed by atoms with Crippen molar-refractivity contribution in [3.63, 3.8) is 0 Å². The smallest absolute Gasteiger partial charge is 0.183 e. The van der Waals surface area contributed by atoms with E-state index in [1.165, 1.54) is 6.42 Å². The maximum Gasteiger partial charge on any atom is 0.183 e. The van der Waals surface area contributed by atoms with E-state index in [0.717, 1.165) is 25.7 Å². The summed E-state index contributed by atoms with van der Waals surface area (Å²) < 4.78 is 2.82. The number of thiazole rings is 1. The molecule has 0 saturated heterocycles. The van der Waals surface area contributed by atoms with Crippen molar-refractivity contribution in [3.8, 4) is 10.4 Å². The molecule has 3 aromatic rings. The maximum atomic E-state index is 4.38. The molecule has 1 N–H and O–H groups in total. The molecule has 0 saturated carbocycles. The van der Waals surface area contributed by atoms with Gasteiger partial charge < -0.3 is 5.32 Å². The van der Waals surface area contributed by atoms with Crippen LogP contribution in [0.1, 0.15) is 34.1 Å². The van der Waals surface area contributed by atoms with E-state index in [0.29, 0.717) is 6.04 Å². The molecule has 3 aromatic heterocycles. The molecule has 0 spiro atoms. The molecule has 22 heavy (non-hydrogen) atoms. The van der Waals surface area contributed by atoms with Crippen LogP contribution < -0.4 is 5.32 Å². The minimum absolute atomic E-state index is 0.381. The van der Waals surface area contributed by atoms with Crippen molar-refractivity contribution in [2.24, 2.45) is 0 Å². The van der Waals surface area contributed by atoms with Crippen molar-refractivity contribution in [2.75, 3.05) is 5.32 Å². The normalized spacial score (nSPS) is 10.6. The zero-order chi connectivity index (χ0) is 16.1. The molecule has 3 rings (SSSR count). The van der Waals surface area contributed by atoms with Gasteiger partial charge in [-0.1, -0.05) is 31.6 Å². The Morgan fingerprint density at radius 2 is 2.09 bits per heavy atom. The number of hydrogen-bond acceptors (Lipinski definition) is 5. The number of rotatable bonds is 3. The minimum Gasteiger partial charge on any atom is -0.359 e. The van der Waals surface area contributed by atoms with Crippen molar-refractivity contribution in [2.45, 2.75) is 40.2 Å². The molecule has 7 heteroatoms. The first-order valence-electron chi connectivity index (χ1n) is 7.26. The van der Waals surface area contributed by atoms with Crippen molar-refractivity contribution in [3.05, 3.63) is 29.3 Å². The third-order valence-electron chi connectivity index (χ3n) is 2.55. The summed E-state index contributed by atoms with van der Waals surface area (Å²) >= 11 is 5.15. The second-order valence-electron chi connectivity index (χ2n) is 5.17. The molecule has 0 bridgehead atoms. The first-order valence-corrected chi connectivity index (χ1v) is 8.87. The van der Waals surface area contributed by atoms with Crippen molar-refractivity contribution < 1.29 is 0 Å². The lowest BCUT2D eigenvalue weighted by atomic mass is 10.2. The van der Waals surface area contributed by atoms with E-state index in [9.17, 15) is 0 Å². The number of nitrogens with zero attached hydrogens (tertiary/aromatic N) is 4. The lowest BCUT2D eigenvalue weighted by Gasteiger charge is -2.04. The van der Waals surface area contributed by atoms with Crippen molar-refractivity contribution >= 4 is 38.0 Å². The van der Waals surface area contributed by atoms with E-state index in [2.05, 4.69) is 64.1 Å². The third kappa shape index (κ3) is 4.04. The van der Waals surface area contributed by atoms with Gasteiger partial charge in [0.25, 0.3) is 0 Å². The SMILES string of the molecule is CC(C)Nc1ncc(-c2cc(Br)c3nncn3c2)s1.CCC. The van der Waals surface area contributed by atoms with Crippen LogP contribution in [0.25, 0.3) is 16.1 Å². The number of anilines is 1. The molecule has 3 heterocycles. The van der Waals surface area contributed by atoms with Gasteiger partial charge in [0.15, 0.2) is 10.8 Å². The Morgan fingerprint density at radius 3 is 2.77 bits per heavy atom. The largest absolute Gasteiger partial charge is 0.359 e. The van der Waals surface area contributed by atoms with E-state index in [1.807, 2.05) is 22.9 Å². The summed E-state index contributed by atoms with van der Waals surface area (Å²) in [7, 11) is 0. The fourth-order valence-corrected chi connectivity index (χ4v) is 3.23. The minimum atomic E-state index is 0.381. The lowest BCUT2D eigenvalue weighted by Crippen LogP contribution is -2.08. The quantitative estimate of drug-likeness (QED) is 0.704. The summed E-state index contributed by atoms with van der Waals surface area (Å²) in [6, 6.07) is 2.42. The van der Waals surface area contributed by atoms with Gasteiger partial charge >= 0.3 is 0 Å². The van der Waals surface area contributed by atoms with Crippen LogP contribution in [-0.4, -0.2) is 25.6 Å². The number of aromatic nitrogens is 4. The van der Waals surface area contributed by atoms with Gasteiger partial charge in [-0.15, -0.1) is 10.2 Å². The highest BCUT2D eigenvalue weighted by molar-refractivity contribution is 9.10. The van der Waals surface area contributed by atoms with Crippen LogP contribution in [0.5, 0.6) is 0 Å². The fourth-order valence-electron chi connectivity index (χ4n) is 1.75. The molecule has 0 atom stereocenters. The Morgan fingerprint density at radius 1 is 1.36 bits per heavy atom. The number of hydrogen-bond donors (Lipinski definition) is 1. The highest BCUT2D eigenvalue weighted by Gasteiger charge is 2.09. The summed E-state index contributed by atoms with van der Waals surface area (Å²) in [5.74, 6) is 0. The molecule has 118 valence electrons. The molecule has 0 fully saturated rings. The van der Waals surface area contributed by atoms with Gasteiger partial charge in [0, 0.05) is 24.0 Å². The summed E-state index contributed by atoms with van der Waals surface area (Å²) in [4.78, 5) is 5.49. The Kier molecular flexibility index (Phi) is 5.90. The summed E-state index contributed by atoms with van der Waals surface area (Å²) in [5.41, 5.74) is 1.90. The van der Waals surface area contributed by atoms with E-state index < -0.39 is 0 Å². The maximum absolute atomic E-state index is 4.38. The van der Waals surface area contributed by atoms with Gasteiger partial charge in [0.2, 0.25) is 0 Å². The van der Waals surface area contributed by atoms with E-state index in [4.69, 9.17) is 0 Å². The van der Waals surface area contributed by atoms with Crippen molar-refractivity contribution in [1.82, 2.24) is 19.6 Å². The van der Waals surface area contributed by atoms with Gasteiger partial charge in [-0.2, -0.15) is 0 Å². The van der Waals surface area contributed by atoms with Gasteiger partial charge in [0.1, 0.15) is 6.33 Å². The molecular weight excluding hydrogens is 362 g/mol. The fraction of sp³-hybridized carbons (Fsp3) is 0.400. The first-order chi connectivity index (χ1) is 10.5. The first kappa shape index (κ1) is 16.9. The van der Waals surface area contributed by atoms with Crippen LogP contribution in [0, 0.1) is 0 Å². The average Bonchev–Trinajstić information content (AvgIpc) is 3.07. The van der Waals surface area contributed by atoms with Crippen LogP contribution in [-0.2, 0) is 0 Å². The third-order valence-corrected chi connectivity index (χ3v) is 4.11. The Bertz CT molecular complexity index is 734. The number of fused-ring (bicyclic) bond motifs is 1. The van der Waals surface area contributed by atoms with Crippen LogP contribution in [0.15, 0.2) is 29.3 Å². The van der Waals surface area contributed by atoms with E-state index >= 15 is 0 Å². The van der Waals surface area contributed by atoms with Gasteiger partial charge in [-0.3, -0.25) is 4.40 Å². The van der Waals surface area contributed by atoms with Crippen LogP contribution in [0.3, 0.4) is 0 Å². The molecule has 0 radical (unpaired) electrons. The molecule has 0 aromatic carbocycles. The Hall–Kier alpha value is -1.47.